The number of ether oxygens (including phenoxy) is 2. The van der Waals surface area contributed by atoms with Gasteiger partial charge in [-0.15, -0.1) is 0 Å². The van der Waals surface area contributed by atoms with Crippen LogP contribution in [0.3, 0.4) is 0 Å². The lowest BCUT2D eigenvalue weighted by molar-refractivity contribution is -0.139. The Bertz CT molecular complexity index is 1440. The van der Waals surface area contributed by atoms with Crippen LogP contribution < -0.4 is 19.6 Å². The monoisotopic (exact) mass is 528 g/mol. The molecule has 170 valence electrons. The summed E-state index contributed by atoms with van der Waals surface area (Å²) < 4.78 is 13.3. The Morgan fingerprint density at radius 1 is 1.27 bits per heavy atom. The molecule has 1 aromatic heterocycles. The van der Waals surface area contributed by atoms with Crippen molar-refractivity contribution in [3.63, 3.8) is 0 Å². The number of fused-ring (bicyclic) bond motifs is 1. The first-order chi connectivity index (χ1) is 15.8. The van der Waals surface area contributed by atoms with Gasteiger partial charge in [0.2, 0.25) is 0 Å². The zero-order chi connectivity index (χ0) is 23.7. The van der Waals surface area contributed by atoms with Crippen LogP contribution in [0.15, 0.2) is 68.0 Å². The minimum atomic E-state index is -0.662. The van der Waals surface area contributed by atoms with Gasteiger partial charge in [-0.3, -0.25) is 9.36 Å². The highest BCUT2D eigenvalue weighted by Crippen LogP contribution is 2.31. The van der Waals surface area contributed by atoms with Crippen LogP contribution in [0.4, 0.5) is 0 Å². The molecule has 0 saturated heterocycles. The number of rotatable bonds is 5. The van der Waals surface area contributed by atoms with E-state index >= 15 is 0 Å². The summed E-state index contributed by atoms with van der Waals surface area (Å²) in [6, 6.07) is 11.7. The van der Waals surface area contributed by atoms with Crippen LogP contribution in [-0.2, 0) is 9.53 Å². The molecule has 2 aromatic carbocycles. The largest absolute Gasteiger partial charge is 0.504 e. The molecule has 1 aliphatic rings. The number of phenols is 1. The van der Waals surface area contributed by atoms with E-state index in [9.17, 15) is 14.7 Å². The first kappa shape index (κ1) is 23.0. The number of esters is 1. The summed E-state index contributed by atoms with van der Waals surface area (Å²) in [7, 11) is 1.46. The van der Waals surface area contributed by atoms with Crippen molar-refractivity contribution in [1.82, 2.24) is 4.57 Å². The van der Waals surface area contributed by atoms with Gasteiger partial charge in [-0.1, -0.05) is 45.5 Å². The number of phenolic OH excluding ortho intramolecular Hbond substituents is 1. The predicted molar refractivity (Wildman–Crippen MR) is 129 cm³/mol. The predicted octanol–water partition coefficient (Wildman–Crippen LogP) is 3.28. The number of carbonyl (C=O) groups is 1. The topological polar surface area (TPSA) is 90.1 Å². The van der Waals surface area contributed by atoms with Crippen LogP contribution in [0.2, 0.25) is 0 Å². The number of benzene rings is 2. The van der Waals surface area contributed by atoms with Crippen molar-refractivity contribution in [2.24, 2.45) is 4.99 Å². The standard InChI is InChI=1S/C24H21BrN2O5S/c1-4-32-23(30)20-13(2)26-24-27(21(20)15-6-8-16(25)9-7-15)22(29)19(33-24)12-14-5-10-17(28)18(11-14)31-3/h5-12,21,28H,4H2,1-3H3/b19-12+/t21-/m1/s1. The van der Waals surface area contributed by atoms with Crippen molar-refractivity contribution in [2.45, 2.75) is 19.9 Å². The smallest absolute Gasteiger partial charge is 0.338 e. The SMILES string of the molecule is CCOC(=O)C1=C(C)N=c2s/c(=C/c3ccc(O)c(OC)c3)c(=O)n2[C@@H]1c1ccc(Br)cc1. The van der Waals surface area contributed by atoms with E-state index in [1.165, 1.54) is 29.1 Å². The lowest BCUT2D eigenvalue weighted by Gasteiger charge is -2.24. The number of hydrogen-bond acceptors (Lipinski definition) is 7. The Labute approximate surface area is 202 Å². The fourth-order valence-corrected chi connectivity index (χ4v) is 5.00. The number of aromatic hydroxyl groups is 1. The average molecular weight is 529 g/mol. The molecule has 3 aromatic rings. The van der Waals surface area contributed by atoms with Crippen LogP contribution in [0.25, 0.3) is 6.08 Å². The number of thiazole rings is 1. The minimum absolute atomic E-state index is 0.0149. The van der Waals surface area contributed by atoms with Crippen molar-refractivity contribution in [1.29, 1.82) is 0 Å². The van der Waals surface area contributed by atoms with E-state index in [0.29, 0.717) is 31.9 Å². The molecule has 7 nitrogen and oxygen atoms in total. The summed E-state index contributed by atoms with van der Waals surface area (Å²) in [6.45, 7) is 3.71. The molecule has 1 aliphatic heterocycles. The molecule has 1 atom stereocenters. The van der Waals surface area contributed by atoms with Crippen molar-refractivity contribution < 1.29 is 19.4 Å². The van der Waals surface area contributed by atoms with E-state index in [2.05, 4.69) is 20.9 Å². The first-order valence-electron chi connectivity index (χ1n) is 10.2. The van der Waals surface area contributed by atoms with Crippen LogP contribution in [0, 0.1) is 0 Å². The van der Waals surface area contributed by atoms with Gasteiger partial charge in [0.05, 0.1) is 35.6 Å². The Morgan fingerprint density at radius 3 is 2.67 bits per heavy atom. The van der Waals surface area contributed by atoms with Crippen molar-refractivity contribution in [3.8, 4) is 11.5 Å². The summed E-state index contributed by atoms with van der Waals surface area (Å²) in [5, 5.41) is 9.85. The third-order valence-corrected chi connectivity index (χ3v) is 6.72. The third-order valence-electron chi connectivity index (χ3n) is 5.20. The fraction of sp³-hybridized carbons (Fsp3) is 0.208. The van der Waals surface area contributed by atoms with E-state index in [1.807, 2.05) is 24.3 Å². The van der Waals surface area contributed by atoms with Gasteiger partial charge in [0.1, 0.15) is 0 Å². The number of methoxy groups -OCH3 is 1. The molecule has 0 unspecified atom stereocenters. The Hall–Kier alpha value is -3.17. The second-order valence-corrected chi connectivity index (χ2v) is 9.21. The van der Waals surface area contributed by atoms with Gasteiger partial charge in [0.25, 0.3) is 5.56 Å². The van der Waals surface area contributed by atoms with E-state index in [1.54, 1.807) is 32.1 Å². The molecule has 33 heavy (non-hydrogen) atoms. The number of aromatic nitrogens is 1. The van der Waals surface area contributed by atoms with Crippen LogP contribution in [-0.4, -0.2) is 29.4 Å². The van der Waals surface area contributed by atoms with Crippen molar-refractivity contribution in [3.05, 3.63) is 89.0 Å². The number of halogens is 1. The zero-order valence-electron chi connectivity index (χ0n) is 18.2. The second kappa shape index (κ2) is 9.36. The molecule has 0 amide bonds. The van der Waals surface area contributed by atoms with Crippen molar-refractivity contribution in [2.75, 3.05) is 13.7 Å². The van der Waals surface area contributed by atoms with E-state index in [-0.39, 0.29) is 17.9 Å². The van der Waals surface area contributed by atoms with Gasteiger partial charge < -0.3 is 14.6 Å². The second-order valence-electron chi connectivity index (χ2n) is 7.29. The number of allylic oxidation sites excluding steroid dienone is 1. The maximum atomic E-state index is 13.5. The summed E-state index contributed by atoms with van der Waals surface area (Å²) in [4.78, 5) is 31.5. The van der Waals surface area contributed by atoms with Gasteiger partial charge in [-0.2, -0.15) is 0 Å². The summed E-state index contributed by atoms with van der Waals surface area (Å²) >= 11 is 4.67. The molecule has 0 fully saturated rings. The lowest BCUT2D eigenvalue weighted by atomic mass is 9.96. The van der Waals surface area contributed by atoms with E-state index in [0.717, 1.165) is 10.0 Å². The minimum Gasteiger partial charge on any atom is -0.504 e. The fourth-order valence-electron chi connectivity index (χ4n) is 3.69. The number of carbonyl (C=O) groups excluding carboxylic acids is 1. The lowest BCUT2D eigenvalue weighted by Crippen LogP contribution is -2.39. The highest BCUT2D eigenvalue weighted by Gasteiger charge is 2.33. The molecule has 0 radical (unpaired) electrons. The van der Waals surface area contributed by atoms with E-state index in [4.69, 9.17) is 9.47 Å². The summed E-state index contributed by atoms with van der Waals surface area (Å²) in [5.74, 6) is -0.171. The van der Waals surface area contributed by atoms with Gasteiger partial charge in [-0.05, 0) is 55.3 Å². The molecule has 0 saturated carbocycles. The Balaban J connectivity index is 1.94. The summed E-state index contributed by atoms with van der Waals surface area (Å²) in [6.07, 6.45) is 1.72. The maximum Gasteiger partial charge on any atom is 0.338 e. The summed E-state index contributed by atoms with van der Waals surface area (Å²) in [5.41, 5.74) is 2.05. The number of nitrogens with zero attached hydrogens (tertiary/aromatic N) is 2. The number of hydrogen-bond donors (Lipinski definition) is 1. The zero-order valence-corrected chi connectivity index (χ0v) is 20.6. The average Bonchev–Trinajstić information content (AvgIpc) is 3.09. The van der Waals surface area contributed by atoms with Crippen molar-refractivity contribution >= 4 is 39.3 Å². The van der Waals surface area contributed by atoms with Gasteiger partial charge >= 0.3 is 5.97 Å². The first-order valence-corrected chi connectivity index (χ1v) is 11.8. The molecule has 4 rings (SSSR count). The van der Waals surface area contributed by atoms with E-state index < -0.39 is 12.0 Å². The van der Waals surface area contributed by atoms with Crippen LogP contribution in [0.5, 0.6) is 11.5 Å². The molecule has 2 heterocycles. The van der Waals surface area contributed by atoms with Gasteiger partial charge in [0.15, 0.2) is 16.3 Å². The Morgan fingerprint density at radius 2 is 2.00 bits per heavy atom. The Kier molecular flexibility index (Phi) is 6.53. The highest BCUT2D eigenvalue weighted by molar-refractivity contribution is 9.10. The van der Waals surface area contributed by atoms with Gasteiger partial charge in [0, 0.05) is 4.47 Å². The molecule has 9 heteroatoms. The molecular weight excluding hydrogens is 508 g/mol. The quantitative estimate of drug-likeness (QED) is 0.513. The highest BCUT2D eigenvalue weighted by atomic mass is 79.9. The van der Waals surface area contributed by atoms with Gasteiger partial charge in [-0.25, -0.2) is 9.79 Å². The normalized spacial score (nSPS) is 15.8. The third kappa shape index (κ3) is 4.38. The molecule has 0 spiro atoms. The molecule has 1 N–H and O–H groups in total. The molecule has 0 aliphatic carbocycles. The molecule has 0 bridgehead atoms. The maximum absolute atomic E-state index is 13.5. The van der Waals surface area contributed by atoms with Crippen LogP contribution in [0.1, 0.15) is 31.0 Å². The molecular formula is C24H21BrN2O5S. The van der Waals surface area contributed by atoms with Crippen LogP contribution >= 0.6 is 27.3 Å².